The fraction of sp³-hybridized carbons (Fsp3) is 0.538. The fourth-order valence-electron chi connectivity index (χ4n) is 1.93. The smallest absolute Gasteiger partial charge is 0.249 e. The van der Waals surface area contributed by atoms with E-state index >= 15 is 0 Å². The number of hydrogen-bond donors (Lipinski definition) is 2. The van der Waals surface area contributed by atoms with Crippen molar-refractivity contribution in [3.8, 4) is 0 Å². The van der Waals surface area contributed by atoms with Gasteiger partial charge in [-0.1, -0.05) is 20.8 Å². The number of amides is 2. The van der Waals surface area contributed by atoms with Crippen LogP contribution in [0.25, 0.3) is 0 Å². The second kappa shape index (κ2) is 4.73. The quantitative estimate of drug-likeness (QED) is 0.711. The van der Waals surface area contributed by atoms with Crippen LogP contribution in [0.2, 0.25) is 0 Å². The maximum Gasteiger partial charge on any atom is 0.249 e. The van der Waals surface area contributed by atoms with E-state index < -0.39 is 6.04 Å². The maximum atomic E-state index is 11.7. The largest absolute Gasteiger partial charge is 0.384 e. The molecule has 2 rings (SSSR count). The third kappa shape index (κ3) is 2.71. The Morgan fingerprint density at radius 2 is 2.00 bits per heavy atom. The number of rotatable bonds is 1. The van der Waals surface area contributed by atoms with Crippen LogP contribution < -0.4 is 16.0 Å². The summed E-state index contributed by atoms with van der Waals surface area (Å²) in [6.07, 6.45) is 0. The van der Waals surface area contributed by atoms with Crippen molar-refractivity contribution in [2.24, 2.45) is 0 Å². The summed E-state index contributed by atoms with van der Waals surface area (Å²) in [5.74, 6) is 0.722. The molecule has 1 aliphatic heterocycles. The molecule has 1 fully saturated rings. The lowest BCUT2D eigenvalue weighted by Crippen LogP contribution is -2.57. The predicted molar refractivity (Wildman–Crippen MR) is 75.1 cm³/mol. The van der Waals surface area contributed by atoms with E-state index in [9.17, 15) is 9.59 Å². The molecule has 7 heteroatoms. The van der Waals surface area contributed by atoms with Crippen molar-refractivity contribution in [3.05, 3.63) is 11.9 Å². The highest BCUT2D eigenvalue weighted by atomic mass is 16.2. The Bertz CT molecular complexity index is 564. The Labute approximate surface area is 117 Å². The summed E-state index contributed by atoms with van der Waals surface area (Å²) in [5.41, 5.74) is 5.55. The summed E-state index contributed by atoms with van der Waals surface area (Å²) >= 11 is 0. The van der Waals surface area contributed by atoms with Crippen molar-refractivity contribution in [1.29, 1.82) is 0 Å². The number of nitrogens with one attached hydrogen (secondary N) is 1. The molecule has 2 amide bonds. The number of nitrogen functional groups attached to an aromatic ring is 1. The first-order valence-electron chi connectivity index (χ1n) is 6.44. The van der Waals surface area contributed by atoms with E-state index in [0.717, 1.165) is 0 Å². The first-order chi connectivity index (χ1) is 9.18. The molecule has 0 saturated carbocycles. The molecule has 0 aliphatic carbocycles. The second-order valence-electron chi connectivity index (χ2n) is 5.94. The molecule has 0 aromatic carbocycles. The van der Waals surface area contributed by atoms with Gasteiger partial charge in [0.15, 0.2) is 0 Å². The summed E-state index contributed by atoms with van der Waals surface area (Å²) in [6.45, 7) is 7.72. The van der Waals surface area contributed by atoms with Crippen LogP contribution in [0.1, 0.15) is 33.5 Å². The Balaban J connectivity index is 2.44. The van der Waals surface area contributed by atoms with Gasteiger partial charge in [-0.05, 0) is 6.92 Å². The molecule has 2 heterocycles. The molecule has 1 atom stereocenters. The van der Waals surface area contributed by atoms with Crippen molar-refractivity contribution in [2.45, 2.75) is 39.2 Å². The van der Waals surface area contributed by atoms with Crippen LogP contribution in [-0.4, -0.2) is 34.4 Å². The van der Waals surface area contributed by atoms with Crippen LogP contribution in [0, 0.1) is 0 Å². The fourth-order valence-corrected chi connectivity index (χ4v) is 1.93. The first-order valence-corrected chi connectivity index (χ1v) is 6.44. The lowest BCUT2D eigenvalue weighted by molar-refractivity contribution is -0.132. The highest BCUT2D eigenvalue weighted by Crippen LogP contribution is 2.24. The first kappa shape index (κ1) is 14.2. The minimum Gasteiger partial charge on any atom is -0.384 e. The number of carbonyl (C=O) groups is 2. The zero-order chi connectivity index (χ0) is 15.1. The number of aromatic nitrogens is 2. The van der Waals surface area contributed by atoms with E-state index in [1.807, 2.05) is 20.8 Å². The number of hydrogen-bond acceptors (Lipinski definition) is 6. The van der Waals surface area contributed by atoms with Crippen molar-refractivity contribution in [3.63, 3.8) is 0 Å². The van der Waals surface area contributed by atoms with Crippen molar-refractivity contribution in [1.82, 2.24) is 15.3 Å². The number of carbonyl (C=O) groups excluding carboxylic acids is 2. The van der Waals surface area contributed by atoms with Crippen molar-refractivity contribution < 1.29 is 9.59 Å². The normalized spacial score (nSPS) is 20.0. The summed E-state index contributed by atoms with van der Waals surface area (Å²) in [4.78, 5) is 33.5. The maximum absolute atomic E-state index is 11.7. The Kier molecular flexibility index (Phi) is 3.37. The standard InChI is InChI=1S/C13H19N5O2/c1-7-11(20)17-10(19)6-18(7)9-5-8(14)15-12(16-9)13(2,3)4/h5,7H,6H2,1-4H3,(H2,14,15,16)(H,17,19,20). The summed E-state index contributed by atoms with van der Waals surface area (Å²) < 4.78 is 0. The third-order valence-corrected chi connectivity index (χ3v) is 3.12. The Morgan fingerprint density at radius 3 is 2.60 bits per heavy atom. The van der Waals surface area contributed by atoms with Gasteiger partial charge in [0.1, 0.15) is 23.5 Å². The molecule has 7 nitrogen and oxygen atoms in total. The van der Waals surface area contributed by atoms with Crippen LogP contribution >= 0.6 is 0 Å². The van der Waals surface area contributed by atoms with E-state index in [1.165, 1.54) is 0 Å². The lowest BCUT2D eigenvalue weighted by atomic mass is 9.95. The lowest BCUT2D eigenvalue weighted by Gasteiger charge is -2.33. The van der Waals surface area contributed by atoms with Crippen LogP contribution in [0.15, 0.2) is 6.07 Å². The molecule has 108 valence electrons. The molecular formula is C13H19N5O2. The van der Waals surface area contributed by atoms with E-state index in [0.29, 0.717) is 17.5 Å². The van der Waals surface area contributed by atoms with Gasteiger partial charge in [-0.15, -0.1) is 0 Å². The molecule has 1 unspecified atom stereocenters. The zero-order valence-electron chi connectivity index (χ0n) is 12.1. The van der Waals surface area contributed by atoms with Crippen LogP contribution in [0.5, 0.6) is 0 Å². The number of nitrogens with zero attached hydrogens (tertiary/aromatic N) is 3. The molecule has 1 aromatic rings. The molecular weight excluding hydrogens is 258 g/mol. The molecule has 0 bridgehead atoms. The average molecular weight is 277 g/mol. The van der Waals surface area contributed by atoms with E-state index in [-0.39, 0.29) is 23.8 Å². The summed E-state index contributed by atoms with van der Waals surface area (Å²) in [7, 11) is 0. The molecule has 1 aliphatic rings. The van der Waals surface area contributed by atoms with Crippen molar-refractivity contribution >= 4 is 23.5 Å². The van der Waals surface area contributed by atoms with Gasteiger partial charge < -0.3 is 10.6 Å². The van der Waals surface area contributed by atoms with E-state index in [1.54, 1.807) is 17.9 Å². The highest BCUT2D eigenvalue weighted by molar-refractivity contribution is 6.04. The second-order valence-corrected chi connectivity index (χ2v) is 5.94. The van der Waals surface area contributed by atoms with Gasteiger partial charge in [0.25, 0.3) is 0 Å². The van der Waals surface area contributed by atoms with Gasteiger partial charge in [0.2, 0.25) is 11.8 Å². The topological polar surface area (TPSA) is 101 Å². The zero-order valence-corrected chi connectivity index (χ0v) is 12.1. The number of nitrogens with two attached hydrogens (primary N) is 1. The molecule has 0 spiro atoms. The van der Waals surface area contributed by atoms with Crippen LogP contribution in [-0.2, 0) is 15.0 Å². The van der Waals surface area contributed by atoms with Gasteiger partial charge in [0.05, 0.1) is 6.54 Å². The molecule has 20 heavy (non-hydrogen) atoms. The van der Waals surface area contributed by atoms with Gasteiger partial charge in [-0.2, -0.15) is 0 Å². The van der Waals surface area contributed by atoms with Gasteiger partial charge in [-0.25, -0.2) is 9.97 Å². The number of anilines is 2. The Morgan fingerprint density at radius 1 is 1.35 bits per heavy atom. The molecule has 0 radical (unpaired) electrons. The average Bonchev–Trinajstić information content (AvgIpc) is 2.32. The Hall–Kier alpha value is -2.18. The summed E-state index contributed by atoms with van der Waals surface area (Å²) in [6, 6.07) is 1.10. The number of piperazine rings is 1. The highest BCUT2D eigenvalue weighted by Gasteiger charge is 2.32. The van der Waals surface area contributed by atoms with Crippen LogP contribution in [0.4, 0.5) is 11.6 Å². The third-order valence-electron chi connectivity index (χ3n) is 3.12. The van der Waals surface area contributed by atoms with Gasteiger partial charge >= 0.3 is 0 Å². The monoisotopic (exact) mass is 277 g/mol. The number of imide groups is 1. The molecule has 1 aromatic heterocycles. The SMILES string of the molecule is CC1C(=O)NC(=O)CN1c1cc(N)nc(C(C)(C)C)n1. The minimum absolute atomic E-state index is 0.0763. The molecule has 3 N–H and O–H groups in total. The molecule has 1 saturated heterocycles. The van der Waals surface area contributed by atoms with Gasteiger partial charge in [-0.3, -0.25) is 14.9 Å². The van der Waals surface area contributed by atoms with Crippen molar-refractivity contribution in [2.75, 3.05) is 17.2 Å². The van der Waals surface area contributed by atoms with E-state index in [2.05, 4.69) is 15.3 Å². The summed E-state index contributed by atoms with van der Waals surface area (Å²) in [5, 5.41) is 2.29. The van der Waals surface area contributed by atoms with Crippen LogP contribution in [0.3, 0.4) is 0 Å². The van der Waals surface area contributed by atoms with Gasteiger partial charge in [0, 0.05) is 11.5 Å². The van der Waals surface area contributed by atoms with E-state index in [4.69, 9.17) is 5.73 Å². The minimum atomic E-state index is -0.477. The predicted octanol–water partition coefficient (Wildman–Crippen LogP) is 0.208.